The summed E-state index contributed by atoms with van der Waals surface area (Å²) in [6.45, 7) is 1.99. The fraction of sp³-hybridized carbons (Fsp3) is 0.154. The second kappa shape index (κ2) is 6.05. The Kier molecular flexibility index (Phi) is 4.14. The first-order valence-electron chi connectivity index (χ1n) is 6.14. The molecule has 0 saturated heterocycles. The first-order chi connectivity index (χ1) is 10.1. The van der Waals surface area contributed by atoms with Gasteiger partial charge in [0.05, 0.1) is 10.7 Å². The van der Waals surface area contributed by atoms with Crippen LogP contribution in [0.4, 0.5) is 0 Å². The number of thiazole rings is 1. The molecule has 0 unspecified atom stereocenters. The third-order valence-corrected chi connectivity index (χ3v) is 4.80. The number of nitrogen functional groups attached to an aromatic ring is 1. The van der Waals surface area contributed by atoms with Crippen molar-refractivity contribution >= 4 is 34.7 Å². The number of hydrogen-bond donors (Lipinski definition) is 1. The van der Waals surface area contributed by atoms with E-state index in [4.69, 9.17) is 17.4 Å². The van der Waals surface area contributed by atoms with E-state index in [-0.39, 0.29) is 0 Å². The predicted octanol–water partition coefficient (Wildman–Crippen LogP) is 3.37. The topological polar surface area (TPSA) is 69.6 Å². The number of aromatic nitrogens is 4. The van der Waals surface area contributed by atoms with Crippen LogP contribution in [-0.2, 0) is 5.75 Å². The van der Waals surface area contributed by atoms with Gasteiger partial charge in [0.1, 0.15) is 0 Å². The first-order valence-corrected chi connectivity index (χ1v) is 8.38. The van der Waals surface area contributed by atoms with Crippen LogP contribution >= 0.6 is 34.7 Å². The highest BCUT2D eigenvalue weighted by atomic mass is 35.5. The van der Waals surface area contributed by atoms with Gasteiger partial charge in [-0.3, -0.25) is 0 Å². The summed E-state index contributed by atoms with van der Waals surface area (Å²) in [5, 5.41) is 12.6. The third-order valence-electron chi connectivity index (χ3n) is 2.76. The Balaban J connectivity index is 1.79. The van der Waals surface area contributed by atoms with Crippen molar-refractivity contribution in [2.75, 3.05) is 5.84 Å². The van der Waals surface area contributed by atoms with Gasteiger partial charge in [-0.15, -0.1) is 21.5 Å². The lowest BCUT2D eigenvalue weighted by atomic mass is 10.2. The Labute approximate surface area is 135 Å². The molecule has 0 amide bonds. The van der Waals surface area contributed by atoms with Crippen molar-refractivity contribution in [1.29, 1.82) is 0 Å². The zero-order valence-corrected chi connectivity index (χ0v) is 13.5. The molecule has 5 nitrogen and oxygen atoms in total. The maximum absolute atomic E-state index is 6.06. The second-order valence-corrected chi connectivity index (χ2v) is 6.77. The predicted molar refractivity (Wildman–Crippen MR) is 87.0 cm³/mol. The molecule has 21 heavy (non-hydrogen) atoms. The van der Waals surface area contributed by atoms with Gasteiger partial charge >= 0.3 is 0 Å². The molecule has 0 aliphatic heterocycles. The van der Waals surface area contributed by atoms with Crippen molar-refractivity contribution < 1.29 is 0 Å². The summed E-state index contributed by atoms with van der Waals surface area (Å²) < 4.78 is 1.48. The van der Waals surface area contributed by atoms with Gasteiger partial charge in [0, 0.05) is 21.7 Å². The Bertz CT molecular complexity index is 768. The molecule has 0 aliphatic carbocycles. The molecule has 108 valence electrons. The Hall–Kier alpha value is -1.57. The Morgan fingerprint density at radius 3 is 2.95 bits per heavy atom. The number of thioether (sulfide) groups is 1. The van der Waals surface area contributed by atoms with E-state index >= 15 is 0 Å². The minimum Gasteiger partial charge on any atom is -0.335 e. The van der Waals surface area contributed by atoms with E-state index < -0.39 is 0 Å². The summed E-state index contributed by atoms with van der Waals surface area (Å²) in [6.07, 6.45) is 0. The van der Waals surface area contributed by atoms with E-state index in [1.807, 2.05) is 36.6 Å². The molecular formula is C13H12ClN5S2. The highest BCUT2D eigenvalue weighted by Gasteiger charge is 2.13. The molecule has 8 heteroatoms. The SMILES string of the molecule is Cc1nc(CSc2nnc(-c3cccc(Cl)c3)n2N)cs1. The monoisotopic (exact) mass is 337 g/mol. The number of aryl methyl sites for hydroxylation is 1. The maximum Gasteiger partial charge on any atom is 0.210 e. The van der Waals surface area contributed by atoms with Gasteiger partial charge in [-0.05, 0) is 19.1 Å². The molecule has 2 heterocycles. The molecule has 0 atom stereocenters. The molecule has 0 spiro atoms. The molecule has 0 bridgehead atoms. The van der Waals surface area contributed by atoms with E-state index in [0.717, 1.165) is 22.0 Å². The van der Waals surface area contributed by atoms with Crippen molar-refractivity contribution in [3.05, 3.63) is 45.4 Å². The van der Waals surface area contributed by atoms with Crippen LogP contribution in [0.2, 0.25) is 5.02 Å². The molecule has 3 rings (SSSR count). The van der Waals surface area contributed by atoms with E-state index in [0.29, 0.717) is 16.0 Å². The number of halogens is 1. The zero-order valence-electron chi connectivity index (χ0n) is 11.2. The number of nitrogens with two attached hydrogens (primary N) is 1. The van der Waals surface area contributed by atoms with Crippen molar-refractivity contribution in [3.63, 3.8) is 0 Å². The molecule has 3 aromatic rings. The van der Waals surface area contributed by atoms with E-state index in [2.05, 4.69) is 15.2 Å². The molecular weight excluding hydrogens is 326 g/mol. The van der Waals surface area contributed by atoms with Crippen LogP contribution < -0.4 is 5.84 Å². The highest BCUT2D eigenvalue weighted by Crippen LogP contribution is 2.26. The molecule has 0 fully saturated rings. The first kappa shape index (κ1) is 14.4. The maximum atomic E-state index is 6.06. The lowest BCUT2D eigenvalue weighted by molar-refractivity contribution is 0.849. The van der Waals surface area contributed by atoms with Gasteiger partial charge in [0.2, 0.25) is 5.16 Å². The quantitative estimate of drug-likeness (QED) is 0.584. The van der Waals surface area contributed by atoms with Gasteiger partial charge in [-0.2, -0.15) is 0 Å². The number of rotatable bonds is 4. The lowest BCUT2D eigenvalue weighted by Crippen LogP contribution is -2.11. The van der Waals surface area contributed by atoms with Gasteiger partial charge in [0.15, 0.2) is 5.82 Å². The summed E-state index contributed by atoms with van der Waals surface area (Å²) in [7, 11) is 0. The van der Waals surface area contributed by atoms with Crippen molar-refractivity contribution in [1.82, 2.24) is 19.9 Å². The van der Waals surface area contributed by atoms with E-state index in [9.17, 15) is 0 Å². The second-order valence-electron chi connectivity index (χ2n) is 4.33. The standard InChI is InChI=1S/C13H12ClN5S2/c1-8-16-11(6-20-8)7-21-13-18-17-12(19(13)15)9-3-2-4-10(14)5-9/h2-6H,7,15H2,1H3. The van der Waals surface area contributed by atoms with Gasteiger partial charge < -0.3 is 5.84 Å². The molecule has 2 aromatic heterocycles. The van der Waals surface area contributed by atoms with E-state index in [1.165, 1.54) is 16.4 Å². The molecule has 1 aromatic carbocycles. The minimum absolute atomic E-state index is 0.592. The number of hydrogen-bond acceptors (Lipinski definition) is 6. The third kappa shape index (κ3) is 3.20. The van der Waals surface area contributed by atoms with Crippen molar-refractivity contribution in [3.8, 4) is 11.4 Å². The average molecular weight is 338 g/mol. The van der Waals surface area contributed by atoms with Crippen LogP contribution in [0.3, 0.4) is 0 Å². The smallest absolute Gasteiger partial charge is 0.210 e. The highest BCUT2D eigenvalue weighted by molar-refractivity contribution is 7.98. The van der Waals surface area contributed by atoms with E-state index in [1.54, 1.807) is 11.3 Å². The Morgan fingerprint density at radius 1 is 1.38 bits per heavy atom. The van der Waals surface area contributed by atoms with Crippen LogP contribution in [0.5, 0.6) is 0 Å². The molecule has 0 saturated carbocycles. The summed E-state index contributed by atoms with van der Waals surface area (Å²) in [5.74, 6) is 7.37. The minimum atomic E-state index is 0.592. The molecule has 2 N–H and O–H groups in total. The van der Waals surface area contributed by atoms with Crippen LogP contribution in [0, 0.1) is 6.92 Å². The van der Waals surface area contributed by atoms with Gasteiger partial charge in [-0.25, -0.2) is 9.66 Å². The molecule has 0 radical (unpaired) electrons. The van der Waals surface area contributed by atoms with Crippen LogP contribution in [0.25, 0.3) is 11.4 Å². The summed E-state index contributed by atoms with van der Waals surface area (Å²) >= 11 is 9.13. The van der Waals surface area contributed by atoms with Crippen LogP contribution in [0.1, 0.15) is 10.7 Å². The van der Waals surface area contributed by atoms with Crippen LogP contribution in [0.15, 0.2) is 34.8 Å². The van der Waals surface area contributed by atoms with Gasteiger partial charge in [0.25, 0.3) is 0 Å². The van der Waals surface area contributed by atoms with Crippen LogP contribution in [-0.4, -0.2) is 19.9 Å². The summed E-state index contributed by atoms with van der Waals surface area (Å²) in [6, 6.07) is 7.38. The van der Waals surface area contributed by atoms with Crippen molar-refractivity contribution in [2.24, 2.45) is 0 Å². The number of benzene rings is 1. The fourth-order valence-electron chi connectivity index (χ4n) is 1.81. The molecule has 0 aliphatic rings. The zero-order chi connectivity index (χ0) is 14.8. The lowest BCUT2D eigenvalue weighted by Gasteiger charge is -2.03. The van der Waals surface area contributed by atoms with Gasteiger partial charge in [-0.1, -0.05) is 35.5 Å². The summed E-state index contributed by atoms with van der Waals surface area (Å²) in [4.78, 5) is 4.41. The normalized spacial score (nSPS) is 11.0. The fourth-order valence-corrected chi connectivity index (χ4v) is 3.47. The largest absolute Gasteiger partial charge is 0.335 e. The summed E-state index contributed by atoms with van der Waals surface area (Å²) in [5.41, 5.74) is 1.86. The van der Waals surface area contributed by atoms with Crippen molar-refractivity contribution in [2.45, 2.75) is 17.8 Å². The number of nitrogens with zero attached hydrogens (tertiary/aromatic N) is 4. The average Bonchev–Trinajstić information content (AvgIpc) is 3.03. The Morgan fingerprint density at radius 2 is 2.24 bits per heavy atom.